The number of benzene rings is 3. The van der Waals surface area contributed by atoms with Crippen molar-refractivity contribution in [1.82, 2.24) is 4.90 Å². The lowest BCUT2D eigenvalue weighted by Crippen LogP contribution is -2.28. The first-order valence-corrected chi connectivity index (χ1v) is 11.7. The lowest BCUT2D eigenvalue weighted by molar-refractivity contribution is -0.384. The molecule has 0 N–H and O–H groups in total. The number of thioether (sulfide) groups is 1. The van der Waals surface area contributed by atoms with Crippen molar-refractivity contribution in [1.29, 1.82) is 0 Å². The molecular weight excluding hydrogens is 511 g/mol. The summed E-state index contributed by atoms with van der Waals surface area (Å²) in [5.41, 5.74) is 1.21. The van der Waals surface area contributed by atoms with Gasteiger partial charge in [0, 0.05) is 22.7 Å². The zero-order valence-corrected chi connectivity index (χ0v) is 20.3. The van der Waals surface area contributed by atoms with Gasteiger partial charge in [0.15, 0.2) is 11.5 Å². The summed E-state index contributed by atoms with van der Waals surface area (Å²) in [5, 5.41) is 10.6. The van der Waals surface area contributed by atoms with E-state index in [9.17, 15) is 24.1 Å². The summed E-state index contributed by atoms with van der Waals surface area (Å²) in [6.07, 6.45) is 1.53. The Bertz CT molecular complexity index is 1380. The van der Waals surface area contributed by atoms with Crippen molar-refractivity contribution in [2.45, 2.75) is 13.2 Å². The van der Waals surface area contributed by atoms with Gasteiger partial charge in [-0.1, -0.05) is 35.9 Å². The highest BCUT2D eigenvalue weighted by Gasteiger charge is 2.36. The minimum Gasteiger partial charge on any atom is -0.493 e. The number of ether oxygens (including phenoxy) is 2. The third-order valence-electron chi connectivity index (χ3n) is 5.25. The Labute approximate surface area is 214 Å². The van der Waals surface area contributed by atoms with Gasteiger partial charge in [0.2, 0.25) is 0 Å². The zero-order valence-electron chi connectivity index (χ0n) is 18.8. The number of halogens is 2. The molecule has 3 aromatic rings. The van der Waals surface area contributed by atoms with Crippen molar-refractivity contribution >= 4 is 46.3 Å². The summed E-state index contributed by atoms with van der Waals surface area (Å²) >= 11 is 6.78. The summed E-state index contributed by atoms with van der Waals surface area (Å²) in [6.45, 7) is -0.198. The smallest absolute Gasteiger partial charge is 0.293 e. The molecule has 0 bridgehead atoms. The van der Waals surface area contributed by atoms with Crippen molar-refractivity contribution < 1.29 is 28.4 Å². The number of hydrogen-bond donors (Lipinski definition) is 0. The van der Waals surface area contributed by atoms with E-state index in [1.165, 1.54) is 43.5 Å². The number of nitro benzene ring substituents is 1. The fraction of sp³-hybridized carbons (Fsp3) is 0.120. The molecule has 0 unspecified atom stereocenters. The summed E-state index contributed by atoms with van der Waals surface area (Å²) in [5.74, 6) is -0.403. The van der Waals surface area contributed by atoms with Gasteiger partial charge in [-0.05, 0) is 53.2 Å². The van der Waals surface area contributed by atoms with E-state index in [0.717, 1.165) is 16.7 Å². The van der Waals surface area contributed by atoms with Crippen LogP contribution in [0.2, 0.25) is 5.02 Å². The van der Waals surface area contributed by atoms with Crippen LogP contribution in [-0.4, -0.2) is 28.1 Å². The molecule has 1 fully saturated rings. The van der Waals surface area contributed by atoms with Crippen LogP contribution < -0.4 is 9.47 Å². The SMILES string of the molecule is COc1cc(/C=C2/SC(=O)N(Cc3c(F)cccc3Cl)C2=O)ccc1OCc1cccc([N+](=O)[O-])c1. The fourth-order valence-electron chi connectivity index (χ4n) is 3.44. The molecule has 0 atom stereocenters. The molecule has 3 aromatic carbocycles. The van der Waals surface area contributed by atoms with Crippen LogP contribution in [0.1, 0.15) is 16.7 Å². The Balaban J connectivity index is 1.50. The Morgan fingerprint density at radius 1 is 1.11 bits per heavy atom. The third kappa shape index (κ3) is 5.50. The fourth-order valence-corrected chi connectivity index (χ4v) is 4.50. The van der Waals surface area contributed by atoms with Crippen LogP contribution in [0.15, 0.2) is 65.6 Å². The molecule has 1 saturated heterocycles. The van der Waals surface area contributed by atoms with Gasteiger partial charge in [0.05, 0.1) is 23.5 Å². The van der Waals surface area contributed by atoms with Gasteiger partial charge in [-0.15, -0.1) is 0 Å². The first-order valence-electron chi connectivity index (χ1n) is 10.5. The van der Waals surface area contributed by atoms with Crippen molar-refractivity contribution in [2.24, 2.45) is 0 Å². The number of methoxy groups -OCH3 is 1. The van der Waals surface area contributed by atoms with E-state index < -0.39 is 21.9 Å². The molecule has 11 heteroatoms. The normalized spacial score (nSPS) is 14.4. The largest absolute Gasteiger partial charge is 0.493 e. The van der Waals surface area contributed by atoms with E-state index in [2.05, 4.69) is 0 Å². The summed E-state index contributed by atoms with van der Waals surface area (Å²) < 4.78 is 25.3. The van der Waals surface area contributed by atoms with Crippen molar-refractivity contribution in [3.63, 3.8) is 0 Å². The van der Waals surface area contributed by atoms with Gasteiger partial charge in [-0.25, -0.2) is 4.39 Å². The van der Waals surface area contributed by atoms with E-state index in [1.807, 2.05) is 0 Å². The van der Waals surface area contributed by atoms with Crippen molar-refractivity contribution in [2.75, 3.05) is 7.11 Å². The summed E-state index contributed by atoms with van der Waals surface area (Å²) in [7, 11) is 1.45. The highest BCUT2D eigenvalue weighted by molar-refractivity contribution is 8.18. The Morgan fingerprint density at radius 2 is 1.89 bits per heavy atom. The number of carbonyl (C=O) groups excluding carboxylic acids is 2. The number of rotatable bonds is 8. The average molecular weight is 529 g/mol. The monoisotopic (exact) mass is 528 g/mol. The number of non-ortho nitro benzene ring substituents is 1. The van der Waals surface area contributed by atoms with Crippen LogP contribution in [0, 0.1) is 15.9 Å². The van der Waals surface area contributed by atoms with Crippen LogP contribution in [0.4, 0.5) is 14.9 Å². The van der Waals surface area contributed by atoms with Crippen LogP contribution in [0.3, 0.4) is 0 Å². The molecule has 0 radical (unpaired) electrons. The van der Waals surface area contributed by atoms with Gasteiger partial charge < -0.3 is 9.47 Å². The maximum atomic E-state index is 14.1. The Morgan fingerprint density at radius 3 is 2.61 bits per heavy atom. The second-order valence-electron chi connectivity index (χ2n) is 7.59. The van der Waals surface area contributed by atoms with Crippen LogP contribution in [-0.2, 0) is 17.9 Å². The highest BCUT2D eigenvalue weighted by atomic mass is 35.5. The molecule has 36 heavy (non-hydrogen) atoms. The number of nitrogens with zero attached hydrogens (tertiary/aromatic N) is 2. The molecule has 0 saturated carbocycles. The standard InChI is InChI=1S/C25H18ClFN2O6S/c1-34-22-11-15(8-9-21(22)35-14-16-4-2-5-17(10-16)29(32)33)12-23-24(30)28(25(31)36-23)13-18-19(26)6-3-7-20(18)27/h2-12H,13-14H2,1H3/b23-12+. The number of imide groups is 1. The first kappa shape index (κ1) is 25.2. The molecule has 2 amide bonds. The van der Waals surface area contributed by atoms with Gasteiger partial charge >= 0.3 is 0 Å². The molecule has 0 aromatic heterocycles. The van der Waals surface area contributed by atoms with Gasteiger partial charge in [-0.3, -0.25) is 24.6 Å². The topological polar surface area (TPSA) is 99.0 Å². The molecule has 1 aliphatic heterocycles. The van der Waals surface area contributed by atoms with E-state index in [-0.39, 0.29) is 34.3 Å². The Hall–Kier alpha value is -3.89. The van der Waals surface area contributed by atoms with Gasteiger partial charge in [-0.2, -0.15) is 0 Å². The molecule has 0 aliphatic carbocycles. The summed E-state index contributed by atoms with van der Waals surface area (Å²) in [4.78, 5) is 36.9. The van der Waals surface area contributed by atoms with E-state index in [0.29, 0.717) is 22.6 Å². The number of nitro groups is 1. The van der Waals surface area contributed by atoms with Crippen LogP contribution >= 0.6 is 23.4 Å². The second-order valence-corrected chi connectivity index (χ2v) is 8.99. The highest BCUT2D eigenvalue weighted by Crippen LogP contribution is 2.36. The van der Waals surface area contributed by atoms with Gasteiger partial charge in [0.1, 0.15) is 12.4 Å². The third-order valence-corrected chi connectivity index (χ3v) is 6.51. The number of hydrogen-bond acceptors (Lipinski definition) is 7. The molecule has 8 nitrogen and oxygen atoms in total. The molecule has 4 rings (SSSR count). The number of carbonyl (C=O) groups is 2. The maximum absolute atomic E-state index is 14.1. The average Bonchev–Trinajstić information content (AvgIpc) is 3.12. The minimum absolute atomic E-state index is 0.0374. The van der Waals surface area contributed by atoms with E-state index in [1.54, 1.807) is 30.3 Å². The van der Waals surface area contributed by atoms with E-state index in [4.69, 9.17) is 21.1 Å². The first-order chi connectivity index (χ1) is 17.3. The minimum atomic E-state index is -0.601. The van der Waals surface area contributed by atoms with E-state index >= 15 is 0 Å². The van der Waals surface area contributed by atoms with Crippen molar-refractivity contribution in [3.05, 3.63) is 103 Å². The lowest BCUT2D eigenvalue weighted by Gasteiger charge is -2.14. The molecule has 1 heterocycles. The van der Waals surface area contributed by atoms with Crippen molar-refractivity contribution in [3.8, 4) is 11.5 Å². The predicted molar refractivity (Wildman–Crippen MR) is 133 cm³/mol. The van der Waals surface area contributed by atoms with Crippen LogP contribution in [0.5, 0.6) is 11.5 Å². The predicted octanol–water partition coefficient (Wildman–Crippen LogP) is 6.21. The lowest BCUT2D eigenvalue weighted by atomic mass is 10.1. The number of amides is 2. The molecule has 1 aliphatic rings. The maximum Gasteiger partial charge on any atom is 0.293 e. The molecular formula is C25H18ClFN2O6S. The zero-order chi connectivity index (χ0) is 25.8. The molecule has 184 valence electrons. The Kier molecular flexibility index (Phi) is 7.56. The van der Waals surface area contributed by atoms with Crippen LogP contribution in [0.25, 0.3) is 6.08 Å². The summed E-state index contributed by atoms with van der Waals surface area (Å²) in [6, 6.07) is 15.2. The second kappa shape index (κ2) is 10.8. The quantitative estimate of drug-likeness (QED) is 0.195. The molecule has 0 spiro atoms. The van der Waals surface area contributed by atoms with Gasteiger partial charge in [0.25, 0.3) is 16.8 Å².